The summed E-state index contributed by atoms with van der Waals surface area (Å²) in [5.74, 6) is -4.34. The molecule has 1 aliphatic heterocycles. The molecule has 174 valence electrons. The van der Waals surface area contributed by atoms with Gasteiger partial charge in [-0.3, -0.25) is 24.2 Å². The number of aliphatic hydroxyl groups is 1. The second kappa shape index (κ2) is 9.08. The molecule has 1 aromatic heterocycles. The van der Waals surface area contributed by atoms with Crippen molar-refractivity contribution in [2.75, 3.05) is 11.1 Å². The molecule has 1 aliphatic rings. The topological polar surface area (TPSA) is 225 Å². The summed E-state index contributed by atoms with van der Waals surface area (Å²) in [7, 11) is 0. The number of rotatable bonds is 9. The molecule has 2 atom stereocenters. The van der Waals surface area contributed by atoms with E-state index in [1.54, 1.807) is 12.1 Å². The second-order valence-electron chi connectivity index (χ2n) is 7.48. The SMILES string of the molecule is Nc1nc2c(c(=O)[nH]1)C(O)(CCc1ccc(C(=O)NC(CCC(=O)O)C(=O)O)cc1)C(=O)N2. The lowest BCUT2D eigenvalue weighted by Crippen LogP contribution is -2.41. The van der Waals surface area contributed by atoms with Crippen LogP contribution in [0.2, 0.25) is 0 Å². The third-order valence-electron chi connectivity index (χ3n) is 5.20. The first-order valence-corrected chi connectivity index (χ1v) is 9.79. The lowest BCUT2D eigenvalue weighted by atomic mass is 9.90. The number of carboxylic acid groups (broad SMARTS) is 2. The van der Waals surface area contributed by atoms with Gasteiger partial charge in [0, 0.05) is 12.0 Å². The van der Waals surface area contributed by atoms with Crippen molar-refractivity contribution in [2.24, 2.45) is 0 Å². The predicted molar refractivity (Wildman–Crippen MR) is 112 cm³/mol. The van der Waals surface area contributed by atoms with Gasteiger partial charge in [0.1, 0.15) is 17.4 Å². The number of carbonyl (C=O) groups excluding carboxylic acids is 2. The smallest absolute Gasteiger partial charge is 0.326 e. The molecule has 2 aromatic rings. The molecule has 1 aromatic carbocycles. The maximum atomic E-state index is 12.3. The Kier molecular flexibility index (Phi) is 6.44. The lowest BCUT2D eigenvalue weighted by molar-refractivity contribution is -0.140. The maximum absolute atomic E-state index is 12.3. The van der Waals surface area contributed by atoms with Gasteiger partial charge in [-0.15, -0.1) is 0 Å². The Morgan fingerprint density at radius 2 is 1.82 bits per heavy atom. The van der Waals surface area contributed by atoms with Crippen LogP contribution in [0.15, 0.2) is 29.1 Å². The molecule has 33 heavy (non-hydrogen) atoms. The molecule has 0 spiro atoms. The fraction of sp³-hybridized carbons (Fsp3) is 0.300. The summed E-state index contributed by atoms with van der Waals surface area (Å²) in [6, 6.07) is 4.57. The Morgan fingerprint density at radius 1 is 1.15 bits per heavy atom. The highest BCUT2D eigenvalue weighted by Crippen LogP contribution is 2.35. The minimum Gasteiger partial charge on any atom is -0.481 e. The lowest BCUT2D eigenvalue weighted by Gasteiger charge is -2.19. The summed E-state index contributed by atoms with van der Waals surface area (Å²) >= 11 is 0. The van der Waals surface area contributed by atoms with Crippen molar-refractivity contribution < 1.29 is 34.5 Å². The number of aliphatic carboxylic acids is 2. The van der Waals surface area contributed by atoms with Crippen LogP contribution < -0.4 is 21.9 Å². The van der Waals surface area contributed by atoms with E-state index >= 15 is 0 Å². The molecule has 0 saturated heterocycles. The number of amides is 2. The standard InChI is InChI=1S/C20H21N5O8/c21-19-24-14-13(16(29)25-19)20(33,18(32)23-14)8-7-9-1-3-10(4-2-9)15(28)22-11(17(30)31)5-6-12(26)27/h1-4,11,33H,5-8H2,(H,22,28)(H,26,27)(H,30,31)(H4,21,23,24,25,29,32). The number of hydrogen-bond acceptors (Lipinski definition) is 8. The number of hydrogen-bond donors (Lipinski definition) is 7. The molecule has 0 aliphatic carbocycles. The van der Waals surface area contributed by atoms with E-state index in [9.17, 15) is 29.1 Å². The molecule has 2 amide bonds. The largest absolute Gasteiger partial charge is 0.481 e. The number of aromatic nitrogens is 2. The van der Waals surface area contributed by atoms with Crippen molar-refractivity contribution in [3.63, 3.8) is 0 Å². The number of nitrogens with two attached hydrogens (primary N) is 1. The fourth-order valence-electron chi connectivity index (χ4n) is 3.44. The third-order valence-corrected chi connectivity index (χ3v) is 5.20. The summed E-state index contributed by atoms with van der Waals surface area (Å²) in [4.78, 5) is 64.7. The number of nitrogens with zero attached hydrogens (tertiary/aromatic N) is 1. The highest BCUT2D eigenvalue weighted by molar-refractivity contribution is 6.03. The van der Waals surface area contributed by atoms with Gasteiger partial charge in [0.2, 0.25) is 5.95 Å². The Bertz CT molecular complexity index is 1180. The second-order valence-corrected chi connectivity index (χ2v) is 7.48. The number of H-pyrrole nitrogens is 1. The van der Waals surface area contributed by atoms with E-state index in [4.69, 9.17) is 15.9 Å². The number of nitrogen functional groups attached to an aromatic ring is 1. The van der Waals surface area contributed by atoms with Crippen LogP contribution in [0.4, 0.5) is 11.8 Å². The fourth-order valence-corrected chi connectivity index (χ4v) is 3.44. The first-order chi connectivity index (χ1) is 15.5. The van der Waals surface area contributed by atoms with Crippen LogP contribution in [-0.2, 0) is 26.4 Å². The zero-order valence-corrected chi connectivity index (χ0v) is 17.1. The van der Waals surface area contributed by atoms with Gasteiger partial charge in [0.15, 0.2) is 5.60 Å². The molecular weight excluding hydrogens is 438 g/mol. The minimum atomic E-state index is -2.11. The van der Waals surface area contributed by atoms with Crippen LogP contribution in [0.3, 0.4) is 0 Å². The van der Waals surface area contributed by atoms with Crippen molar-refractivity contribution in [3.8, 4) is 0 Å². The van der Waals surface area contributed by atoms with Crippen LogP contribution in [0.5, 0.6) is 0 Å². The van der Waals surface area contributed by atoms with Crippen molar-refractivity contribution >= 4 is 35.5 Å². The van der Waals surface area contributed by atoms with E-state index < -0.39 is 47.4 Å². The normalized spacial score (nSPS) is 17.7. The van der Waals surface area contributed by atoms with Gasteiger partial charge in [0.05, 0.1) is 0 Å². The van der Waals surface area contributed by atoms with Crippen molar-refractivity contribution in [1.82, 2.24) is 15.3 Å². The molecular formula is C20H21N5O8. The Labute approximate surface area is 185 Å². The van der Waals surface area contributed by atoms with Crippen LogP contribution in [0.1, 0.15) is 40.7 Å². The summed E-state index contributed by atoms with van der Waals surface area (Å²) in [6.45, 7) is 0. The summed E-state index contributed by atoms with van der Waals surface area (Å²) in [6.07, 6.45) is -0.676. The van der Waals surface area contributed by atoms with Crippen LogP contribution in [0.25, 0.3) is 0 Å². The first kappa shape index (κ1) is 23.4. The monoisotopic (exact) mass is 459 g/mol. The zero-order chi connectivity index (χ0) is 24.3. The van der Waals surface area contributed by atoms with E-state index in [0.29, 0.717) is 5.56 Å². The molecule has 0 fully saturated rings. The molecule has 2 heterocycles. The number of anilines is 2. The minimum absolute atomic E-state index is 0.105. The molecule has 0 bridgehead atoms. The zero-order valence-electron chi connectivity index (χ0n) is 17.1. The summed E-state index contributed by atoms with van der Waals surface area (Å²) in [5, 5.41) is 33.3. The predicted octanol–water partition coefficient (Wildman–Crippen LogP) is -0.828. The number of aromatic amines is 1. The van der Waals surface area contributed by atoms with E-state index in [1.807, 2.05) is 0 Å². The first-order valence-electron chi connectivity index (χ1n) is 9.79. The van der Waals surface area contributed by atoms with Gasteiger partial charge in [-0.1, -0.05) is 12.1 Å². The van der Waals surface area contributed by atoms with Gasteiger partial charge in [-0.05, 0) is 37.0 Å². The number of carbonyl (C=O) groups is 4. The van der Waals surface area contributed by atoms with E-state index in [1.165, 1.54) is 12.1 Å². The van der Waals surface area contributed by atoms with Crippen molar-refractivity contribution in [1.29, 1.82) is 0 Å². The third kappa shape index (κ3) is 4.98. The Morgan fingerprint density at radius 3 is 2.42 bits per heavy atom. The average Bonchev–Trinajstić information content (AvgIpc) is 2.99. The quantitative estimate of drug-likeness (QED) is 0.246. The molecule has 13 heteroatoms. The summed E-state index contributed by atoms with van der Waals surface area (Å²) < 4.78 is 0. The number of benzene rings is 1. The van der Waals surface area contributed by atoms with Crippen molar-refractivity contribution in [3.05, 3.63) is 51.3 Å². The van der Waals surface area contributed by atoms with Crippen molar-refractivity contribution in [2.45, 2.75) is 37.3 Å². The highest BCUT2D eigenvalue weighted by atomic mass is 16.4. The van der Waals surface area contributed by atoms with Crippen LogP contribution >= 0.6 is 0 Å². The Balaban J connectivity index is 1.68. The Hall–Kier alpha value is -4.26. The van der Waals surface area contributed by atoms with E-state index in [-0.39, 0.29) is 42.2 Å². The molecule has 3 rings (SSSR count). The van der Waals surface area contributed by atoms with E-state index in [0.717, 1.165) is 0 Å². The summed E-state index contributed by atoms with van der Waals surface area (Å²) in [5.41, 5.74) is 3.15. The average molecular weight is 459 g/mol. The number of carboxylic acids is 2. The molecule has 0 saturated carbocycles. The van der Waals surface area contributed by atoms with Gasteiger partial charge >= 0.3 is 11.9 Å². The number of fused-ring (bicyclic) bond motifs is 1. The van der Waals surface area contributed by atoms with Gasteiger partial charge in [-0.25, -0.2) is 4.79 Å². The molecule has 0 radical (unpaired) electrons. The maximum Gasteiger partial charge on any atom is 0.326 e. The number of nitrogens with one attached hydrogen (secondary N) is 3. The number of aryl methyl sites for hydroxylation is 1. The molecule has 13 nitrogen and oxygen atoms in total. The highest BCUT2D eigenvalue weighted by Gasteiger charge is 2.48. The van der Waals surface area contributed by atoms with Crippen LogP contribution in [-0.4, -0.2) is 55.1 Å². The van der Waals surface area contributed by atoms with Crippen LogP contribution in [0, 0.1) is 0 Å². The van der Waals surface area contributed by atoms with Gasteiger partial charge < -0.3 is 31.7 Å². The molecule has 2 unspecified atom stereocenters. The van der Waals surface area contributed by atoms with Gasteiger partial charge in [-0.2, -0.15) is 4.98 Å². The van der Waals surface area contributed by atoms with E-state index in [2.05, 4.69) is 20.6 Å². The molecule has 8 N–H and O–H groups in total. The van der Waals surface area contributed by atoms with Gasteiger partial charge in [0.25, 0.3) is 17.4 Å².